The molecule has 2 N–H and O–H groups in total. The van der Waals surface area contributed by atoms with Crippen LogP contribution in [0.3, 0.4) is 0 Å². The van der Waals surface area contributed by atoms with Gasteiger partial charge in [-0.2, -0.15) is 0 Å². The third-order valence-electron chi connectivity index (χ3n) is 4.81. The van der Waals surface area contributed by atoms with Gasteiger partial charge in [-0.1, -0.05) is 24.3 Å². The molecule has 0 atom stereocenters. The molecule has 5 nitrogen and oxygen atoms in total. The Kier molecular flexibility index (Phi) is 7.93. The minimum atomic E-state index is -0.214. The first-order valence-corrected chi connectivity index (χ1v) is 10.8. The lowest BCUT2D eigenvalue weighted by molar-refractivity contribution is -0.130. The molecule has 1 heterocycles. The van der Waals surface area contributed by atoms with E-state index in [1.54, 1.807) is 30.9 Å². The summed E-state index contributed by atoms with van der Waals surface area (Å²) in [7, 11) is 1.70. The third kappa shape index (κ3) is 6.49. The van der Waals surface area contributed by atoms with Crippen molar-refractivity contribution in [2.75, 3.05) is 32.4 Å². The molecule has 154 valence electrons. The molecular formula is C22H27FN4OS. The number of aliphatic imine (C=N–C) groups is 1. The first-order chi connectivity index (χ1) is 14.2. The summed E-state index contributed by atoms with van der Waals surface area (Å²) in [5.74, 6) is 1.41. The van der Waals surface area contributed by atoms with E-state index in [1.165, 1.54) is 23.3 Å². The Morgan fingerprint density at radius 1 is 1.14 bits per heavy atom. The van der Waals surface area contributed by atoms with Crippen molar-refractivity contribution in [3.8, 4) is 0 Å². The molecule has 1 aliphatic heterocycles. The number of benzene rings is 2. The van der Waals surface area contributed by atoms with Gasteiger partial charge in [0.05, 0.1) is 6.54 Å². The van der Waals surface area contributed by atoms with E-state index in [0.717, 1.165) is 36.6 Å². The first kappa shape index (κ1) is 21.2. The number of nitrogens with one attached hydrogen (secondary N) is 2. The zero-order valence-corrected chi connectivity index (χ0v) is 17.5. The number of thioether (sulfide) groups is 1. The van der Waals surface area contributed by atoms with E-state index < -0.39 is 0 Å². The van der Waals surface area contributed by atoms with Crippen molar-refractivity contribution < 1.29 is 9.18 Å². The average Bonchev–Trinajstić information content (AvgIpc) is 2.76. The quantitative estimate of drug-likeness (QED) is 0.316. The van der Waals surface area contributed by atoms with Crippen LogP contribution in [0.5, 0.6) is 0 Å². The Morgan fingerprint density at radius 2 is 1.90 bits per heavy atom. The van der Waals surface area contributed by atoms with Gasteiger partial charge in [-0.3, -0.25) is 9.79 Å². The summed E-state index contributed by atoms with van der Waals surface area (Å²) < 4.78 is 12.9. The number of guanidine groups is 1. The summed E-state index contributed by atoms with van der Waals surface area (Å²) in [5.41, 5.74) is 2.56. The van der Waals surface area contributed by atoms with E-state index >= 15 is 0 Å². The fraction of sp³-hybridized carbons (Fsp3) is 0.364. The van der Waals surface area contributed by atoms with Crippen LogP contribution >= 0.6 is 11.8 Å². The van der Waals surface area contributed by atoms with Crippen molar-refractivity contribution in [2.24, 2.45) is 4.99 Å². The molecule has 2 aromatic rings. The van der Waals surface area contributed by atoms with Gasteiger partial charge in [-0.15, -0.1) is 11.8 Å². The fourth-order valence-electron chi connectivity index (χ4n) is 3.20. The van der Waals surface area contributed by atoms with E-state index in [1.807, 2.05) is 17.0 Å². The summed E-state index contributed by atoms with van der Waals surface area (Å²) >= 11 is 1.69. The fourth-order valence-corrected chi connectivity index (χ4v) is 4.05. The lowest BCUT2D eigenvalue weighted by atomic mass is 10.00. The van der Waals surface area contributed by atoms with Gasteiger partial charge in [0, 0.05) is 31.6 Å². The van der Waals surface area contributed by atoms with E-state index in [-0.39, 0.29) is 18.3 Å². The van der Waals surface area contributed by atoms with Crippen LogP contribution in [0.2, 0.25) is 0 Å². The van der Waals surface area contributed by atoms with Gasteiger partial charge in [-0.05, 0) is 54.0 Å². The van der Waals surface area contributed by atoms with Crippen molar-refractivity contribution in [3.63, 3.8) is 0 Å². The molecule has 1 amide bonds. The van der Waals surface area contributed by atoms with Crippen molar-refractivity contribution in [3.05, 3.63) is 65.5 Å². The largest absolute Gasteiger partial charge is 0.356 e. The summed E-state index contributed by atoms with van der Waals surface area (Å²) in [6, 6.07) is 14.8. The molecule has 0 spiro atoms. The van der Waals surface area contributed by atoms with Crippen LogP contribution in [-0.2, 0) is 17.8 Å². The number of amides is 1. The second kappa shape index (κ2) is 10.9. The molecule has 0 aromatic heterocycles. The lowest BCUT2D eigenvalue weighted by Gasteiger charge is -2.29. The highest BCUT2D eigenvalue weighted by Crippen LogP contribution is 2.19. The van der Waals surface area contributed by atoms with E-state index in [2.05, 4.69) is 27.8 Å². The highest BCUT2D eigenvalue weighted by atomic mass is 32.2. The molecule has 3 rings (SSSR count). The number of hydrogen-bond donors (Lipinski definition) is 2. The number of fused-ring (bicyclic) bond motifs is 1. The zero-order valence-electron chi connectivity index (χ0n) is 16.7. The molecule has 0 saturated carbocycles. The molecule has 2 aromatic carbocycles. The number of halogens is 1. The molecule has 0 bridgehead atoms. The molecule has 29 heavy (non-hydrogen) atoms. The average molecular weight is 415 g/mol. The van der Waals surface area contributed by atoms with Crippen LogP contribution in [0.25, 0.3) is 0 Å². The van der Waals surface area contributed by atoms with E-state index in [9.17, 15) is 9.18 Å². The van der Waals surface area contributed by atoms with Gasteiger partial charge < -0.3 is 15.5 Å². The predicted molar refractivity (Wildman–Crippen MR) is 117 cm³/mol. The number of carbonyl (C=O) groups excluding carboxylic acids is 1. The zero-order chi connectivity index (χ0) is 20.5. The van der Waals surface area contributed by atoms with Crippen molar-refractivity contribution >= 4 is 23.6 Å². The molecule has 0 saturated heterocycles. The summed E-state index contributed by atoms with van der Waals surface area (Å²) in [5, 5.41) is 6.34. The van der Waals surface area contributed by atoms with Crippen LogP contribution in [0, 0.1) is 5.82 Å². The highest BCUT2D eigenvalue weighted by molar-refractivity contribution is 7.99. The van der Waals surface area contributed by atoms with Crippen LogP contribution in [0.4, 0.5) is 4.39 Å². The van der Waals surface area contributed by atoms with Crippen molar-refractivity contribution in [1.82, 2.24) is 15.5 Å². The Hall–Kier alpha value is -2.54. The lowest BCUT2D eigenvalue weighted by Crippen LogP contribution is -2.46. The molecule has 0 unspecified atom stereocenters. The number of nitrogens with zero attached hydrogens (tertiary/aromatic N) is 2. The second-order valence-electron chi connectivity index (χ2n) is 6.84. The Labute approximate surface area is 175 Å². The summed E-state index contributed by atoms with van der Waals surface area (Å²) in [6.07, 6.45) is 1.83. The van der Waals surface area contributed by atoms with Crippen LogP contribution in [0.1, 0.15) is 17.5 Å². The van der Waals surface area contributed by atoms with Gasteiger partial charge in [0.15, 0.2) is 5.96 Å². The molecule has 1 aliphatic rings. The Morgan fingerprint density at radius 3 is 2.66 bits per heavy atom. The SMILES string of the molecule is CN=C(NCCCSc1ccc(F)cc1)NCC(=O)N1CCc2ccccc2C1. The second-order valence-corrected chi connectivity index (χ2v) is 8.01. The standard InChI is InChI=1S/C22H27FN4OS/c1-24-22(25-12-4-14-29-20-9-7-19(23)8-10-20)26-15-21(28)27-13-11-17-5-2-3-6-18(17)16-27/h2-3,5-10H,4,11-16H2,1H3,(H2,24,25,26). The smallest absolute Gasteiger partial charge is 0.242 e. The van der Waals surface area contributed by atoms with Gasteiger partial charge >= 0.3 is 0 Å². The number of rotatable bonds is 7. The highest BCUT2D eigenvalue weighted by Gasteiger charge is 2.20. The normalized spacial score (nSPS) is 13.7. The predicted octanol–water partition coefficient (Wildman–Crippen LogP) is 3.06. The topological polar surface area (TPSA) is 56.7 Å². The molecule has 0 aliphatic carbocycles. The van der Waals surface area contributed by atoms with Gasteiger partial charge in [-0.25, -0.2) is 4.39 Å². The van der Waals surface area contributed by atoms with Crippen LogP contribution in [0.15, 0.2) is 58.4 Å². The maximum absolute atomic E-state index is 12.9. The number of carbonyl (C=O) groups is 1. The molecular weight excluding hydrogens is 387 g/mol. The maximum atomic E-state index is 12.9. The van der Waals surface area contributed by atoms with Crippen molar-refractivity contribution in [1.29, 1.82) is 0 Å². The van der Waals surface area contributed by atoms with E-state index in [0.29, 0.717) is 12.5 Å². The van der Waals surface area contributed by atoms with Crippen molar-refractivity contribution in [2.45, 2.75) is 24.3 Å². The Bertz CT molecular complexity index is 841. The maximum Gasteiger partial charge on any atom is 0.242 e. The van der Waals surface area contributed by atoms with Gasteiger partial charge in [0.1, 0.15) is 5.82 Å². The van der Waals surface area contributed by atoms with Crippen LogP contribution in [-0.4, -0.2) is 49.2 Å². The molecule has 0 radical (unpaired) electrons. The summed E-state index contributed by atoms with van der Waals surface area (Å²) in [4.78, 5) is 19.7. The molecule has 0 fully saturated rings. The molecule has 7 heteroatoms. The Balaban J connectivity index is 1.34. The summed E-state index contributed by atoms with van der Waals surface area (Å²) in [6.45, 7) is 2.40. The minimum absolute atomic E-state index is 0.0781. The first-order valence-electron chi connectivity index (χ1n) is 9.83. The van der Waals surface area contributed by atoms with Gasteiger partial charge in [0.25, 0.3) is 0 Å². The third-order valence-corrected chi connectivity index (χ3v) is 5.91. The monoisotopic (exact) mass is 414 g/mol. The van der Waals surface area contributed by atoms with Gasteiger partial charge in [0.2, 0.25) is 5.91 Å². The van der Waals surface area contributed by atoms with Crippen LogP contribution < -0.4 is 10.6 Å². The van der Waals surface area contributed by atoms with E-state index in [4.69, 9.17) is 0 Å². The minimum Gasteiger partial charge on any atom is -0.356 e. The number of hydrogen-bond acceptors (Lipinski definition) is 3.